The van der Waals surface area contributed by atoms with Gasteiger partial charge in [-0.1, -0.05) is 23.4 Å². The molecular formula is C19H25N5O3. The first-order valence-electron chi connectivity index (χ1n) is 9.12. The lowest BCUT2D eigenvalue weighted by Crippen LogP contribution is -2.51. The molecule has 1 aliphatic rings. The topological polar surface area (TPSA) is 99.5 Å². The summed E-state index contributed by atoms with van der Waals surface area (Å²) in [6.45, 7) is 5.14. The first kappa shape index (κ1) is 18.9. The van der Waals surface area contributed by atoms with Crippen molar-refractivity contribution in [3.8, 4) is 0 Å². The summed E-state index contributed by atoms with van der Waals surface area (Å²) in [7, 11) is 0. The van der Waals surface area contributed by atoms with Crippen molar-refractivity contribution in [1.29, 1.82) is 0 Å². The number of rotatable bonds is 5. The largest absolute Gasteiger partial charge is 0.338 e. The molecule has 3 amide bonds. The Hall–Kier alpha value is -2.87. The van der Waals surface area contributed by atoms with Crippen LogP contribution in [-0.2, 0) is 4.79 Å². The normalized spacial score (nSPS) is 16.5. The minimum Gasteiger partial charge on any atom is -0.338 e. The van der Waals surface area contributed by atoms with Gasteiger partial charge in [-0.3, -0.25) is 15.0 Å². The van der Waals surface area contributed by atoms with Crippen LogP contribution in [0, 0.1) is 6.92 Å². The van der Waals surface area contributed by atoms with Crippen LogP contribution in [0.3, 0.4) is 0 Å². The van der Waals surface area contributed by atoms with Crippen LogP contribution in [0.2, 0.25) is 0 Å². The third-order valence-electron chi connectivity index (χ3n) is 4.70. The number of hydrogen-bond donors (Lipinski definition) is 3. The summed E-state index contributed by atoms with van der Waals surface area (Å²) in [6, 6.07) is 10.6. The van der Waals surface area contributed by atoms with E-state index in [0.717, 1.165) is 37.3 Å². The van der Waals surface area contributed by atoms with Crippen LogP contribution in [-0.4, -0.2) is 47.2 Å². The van der Waals surface area contributed by atoms with Gasteiger partial charge in [-0.05, 0) is 38.8 Å². The monoisotopic (exact) mass is 371 g/mol. The Balaban J connectivity index is 1.42. The van der Waals surface area contributed by atoms with Crippen molar-refractivity contribution in [3.05, 3.63) is 42.1 Å². The van der Waals surface area contributed by atoms with Gasteiger partial charge in [0, 0.05) is 30.9 Å². The molecule has 3 rings (SSSR count). The fourth-order valence-electron chi connectivity index (χ4n) is 3.12. The van der Waals surface area contributed by atoms with Crippen LogP contribution in [0.15, 0.2) is 40.9 Å². The molecule has 8 heteroatoms. The van der Waals surface area contributed by atoms with Gasteiger partial charge in [-0.25, -0.2) is 4.79 Å². The van der Waals surface area contributed by atoms with Gasteiger partial charge < -0.3 is 15.2 Å². The number of carbonyl (C=O) groups is 2. The maximum Gasteiger partial charge on any atom is 0.319 e. The summed E-state index contributed by atoms with van der Waals surface area (Å²) in [5.74, 6) is 0.234. The predicted octanol–water partition coefficient (Wildman–Crippen LogP) is 2.60. The maximum absolute atomic E-state index is 12.4. The van der Waals surface area contributed by atoms with Crippen molar-refractivity contribution in [2.75, 3.05) is 23.7 Å². The lowest BCUT2D eigenvalue weighted by Gasteiger charge is -2.35. The fraction of sp³-hybridized carbons (Fsp3) is 0.421. The standard InChI is InChI=1S/C19H25N5O3/c1-13-12-17(27-23-13)22-18(25)14(2)24-10-8-16(9-11-24)21-19(26)20-15-6-4-3-5-7-15/h3-7,12,14,16H,8-11H2,1-2H3,(H,22,25)(H2,20,21,26). The smallest absolute Gasteiger partial charge is 0.319 e. The van der Waals surface area contributed by atoms with Crippen molar-refractivity contribution >= 4 is 23.5 Å². The summed E-state index contributed by atoms with van der Waals surface area (Å²) in [4.78, 5) is 26.6. The lowest BCUT2D eigenvalue weighted by atomic mass is 10.0. The summed E-state index contributed by atoms with van der Waals surface area (Å²) in [5.41, 5.74) is 1.49. The Morgan fingerprint density at radius 1 is 1.19 bits per heavy atom. The molecule has 0 radical (unpaired) electrons. The van der Waals surface area contributed by atoms with Gasteiger partial charge in [0.2, 0.25) is 11.8 Å². The van der Waals surface area contributed by atoms with Crippen LogP contribution in [0.1, 0.15) is 25.5 Å². The molecule has 1 fully saturated rings. The molecule has 3 N–H and O–H groups in total. The number of anilines is 2. The number of para-hydroxylation sites is 1. The number of piperidine rings is 1. The SMILES string of the molecule is Cc1cc(NC(=O)C(C)N2CCC(NC(=O)Nc3ccccc3)CC2)on1. The number of benzene rings is 1. The van der Waals surface area contributed by atoms with Gasteiger partial charge >= 0.3 is 6.03 Å². The number of likely N-dealkylation sites (tertiary alicyclic amines) is 1. The zero-order chi connectivity index (χ0) is 19.2. The van der Waals surface area contributed by atoms with E-state index in [1.54, 1.807) is 13.0 Å². The second-order valence-electron chi connectivity index (χ2n) is 6.77. The second kappa shape index (κ2) is 8.68. The van der Waals surface area contributed by atoms with E-state index in [4.69, 9.17) is 4.52 Å². The number of carbonyl (C=O) groups excluding carboxylic acids is 2. The fourth-order valence-corrected chi connectivity index (χ4v) is 3.12. The minimum atomic E-state index is -0.283. The molecule has 1 aliphatic heterocycles. The Morgan fingerprint density at radius 2 is 1.89 bits per heavy atom. The predicted molar refractivity (Wildman–Crippen MR) is 103 cm³/mol. The average Bonchev–Trinajstić information content (AvgIpc) is 3.07. The molecule has 1 saturated heterocycles. The second-order valence-corrected chi connectivity index (χ2v) is 6.77. The quantitative estimate of drug-likeness (QED) is 0.750. The highest BCUT2D eigenvalue weighted by atomic mass is 16.5. The number of aromatic nitrogens is 1. The molecule has 2 aromatic rings. The number of amides is 3. The highest BCUT2D eigenvalue weighted by molar-refractivity contribution is 5.93. The number of hydrogen-bond acceptors (Lipinski definition) is 5. The van der Waals surface area contributed by atoms with Crippen molar-refractivity contribution in [1.82, 2.24) is 15.4 Å². The van der Waals surface area contributed by atoms with Gasteiger partial charge in [0.1, 0.15) is 0 Å². The van der Waals surface area contributed by atoms with Crippen LogP contribution in [0.4, 0.5) is 16.4 Å². The zero-order valence-corrected chi connectivity index (χ0v) is 15.6. The number of nitrogens with zero attached hydrogens (tertiary/aromatic N) is 2. The molecule has 27 heavy (non-hydrogen) atoms. The number of nitrogens with one attached hydrogen (secondary N) is 3. The van der Waals surface area contributed by atoms with Gasteiger partial charge in [0.15, 0.2) is 0 Å². The van der Waals surface area contributed by atoms with E-state index < -0.39 is 0 Å². The molecule has 1 atom stereocenters. The molecular weight excluding hydrogens is 346 g/mol. The number of urea groups is 1. The molecule has 0 saturated carbocycles. The van der Waals surface area contributed by atoms with E-state index in [2.05, 4.69) is 26.0 Å². The van der Waals surface area contributed by atoms with Crippen molar-refractivity contribution < 1.29 is 14.1 Å². The van der Waals surface area contributed by atoms with Crippen LogP contribution < -0.4 is 16.0 Å². The Kier molecular flexibility index (Phi) is 6.08. The third kappa shape index (κ3) is 5.30. The van der Waals surface area contributed by atoms with Gasteiger partial charge in [0.25, 0.3) is 0 Å². The summed E-state index contributed by atoms with van der Waals surface area (Å²) in [6.07, 6.45) is 1.59. The van der Waals surface area contributed by atoms with Crippen molar-refractivity contribution in [2.24, 2.45) is 0 Å². The molecule has 1 aromatic heterocycles. The van der Waals surface area contributed by atoms with Crippen LogP contribution in [0.25, 0.3) is 0 Å². The average molecular weight is 371 g/mol. The Morgan fingerprint density at radius 3 is 2.52 bits per heavy atom. The Labute approximate surface area is 158 Å². The Bertz CT molecular complexity index is 769. The molecule has 1 aromatic carbocycles. The van der Waals surface area contributed by atoms with Crippen LogP contribution >= 0.6 is 0 Å². The third-order valence-corrected chi connectivity index (χ3v) is 4.70. The molecule has 0 spiro atoms. The van der Waals surface area contributed by atoms with Gasteiger partial charge in [-0.15, -0.1) is 0 Å². The van der Waals surface area contributed by atoms with Crippen molar-refractivity contribution in [2.45, 2.75) is 38.8 Å². The van der Waals surface area contributed by atoms with Crippen LogP contribution in [0.5, 0.6) is 0 Å². The lowest BCUT2D eigenvalue weighted by molar-refractivity contribution is -0.121. The van der Waals surface area contributed by atoms with E-state index in [9.17, 15) is 9.59 Å². The highest BCUT2D eigenvalue weighted by Gasteiger charge is 2.27. The highest BCUT2D eigenvalue weighted by Crippen LogP contribution is 2.16. The molecule has 144 valence electrons. The van der Waals surface area contributed by atoms with E-state index in [-0.39, 0.29) is 24.0 Å². The van der Waals surface area contributed by atoms with Crippen molar-refractivity contribution in [3.63, 3.8) is 0 Å². The summed E-state index contributed by atoms with van der Waals surface area (Å²) >= 11 is 0. The maximum atomic E-state index is 12.4. The first-order valence-corrected chi connectivity index (χ1v) is 9.12. The van der Waals surface area contributed by atoms with E-state index in [1.807, 2.05) is 37.3 Å². The van der Waals surface area contributed by atoms with Gasteiger partial charge in [0.05, 0.1) is 11.7 Å². The van der Waals surface area contributed by atoms with E-state index in [1.165, 1.54) is 0 Å². The number of aryl methyl sites for hydroxylation is 1. The minimum absolute atomic E-state index is 0.0946. The van der Waals surface area contributed by atoms with E-state index in [0.29, 0.717) is 5.88 Å². The van der Waals surface area contributed by atoms with E-state index >= 15 is 0 Å². The van der Waals surface area contributed by atoms with Gasteiger partial charge in [-0.2, -0.15) is 0 Å². The molecule has 0 aliphatic carbocycles. The summed E-state index contributed by atoms with van der Waals surface area (Å²) in [5, 5.41) is 12.3. The molecule has 2 heterocycles. The molecule has 0 bridgehead atoms. The zero-order valence-electron chi connectivity index (χ0n) is 15.6. The first-order chi connectivity index (χ1) is 13.0. The summed E-state index contributed by atoms with van der Waals surface area (Å²) < 4.78 is 5.03. The molecule has 1 unspecified atom stereocenters. The molecule has 8 nitrogen and oxygen atoms in total.